The number of carbonyl (C=O) groups is 4. The lowest BCUT2D eigenvalue weighted by atomic mass is 9.99. The molecule has 0 amide bonds. The molecule has 103 heavy (non-hydrogen) atoms. The summed E-state index contributed by atoms with van der Waals surface area (Å²) in [5.41, 5.74) is 0. The molecule has 8 atom stereocenters. The number of ether oxygens (including phenoxy) is 4. The molecule has 19 heteroatoms. The first-order valence-corrected chi connectivity index (χ1v) is 46.3. The van der Waals surface area contributed by atoms with E-state index in [1.807, 2.05) is 0 Å². The lowest BCUT2D eigenvalue weighted by Gasteiger charge is -2.21. The van der Waals surface area contributed by atoms with Gasteiger partial charge in [-0.15, -0.1) is 0 Å². The number of hydrogen-bond donors (Lipinski definition) is 3. The van der Waals surface area contributed by atoms with Crippen molar-refractivity contribution in [2.45, 2.75) is 453 Å². The number of phosphoric ester groups is 2. The van der Waals surface area contributed by atoms with Gasteiger partial charge in [0.25, 0.3) is 0 Å². The van der Waals surface area contributed by atoms with Crippen LogP contribution in [-0.4, -0.2) is 96.7 Å². The van der Waals surface area contributed by atoms with Gasteiger partial charge in [-0.1, -0.05) is 383 Å². The van der Waals surface area contributed by atoms with E-state index in [1.165, 1.54) is 231 Å². The van der Waals surface area contributed by atoms with E-state index in [1.54, 1.807) is 0 Å². The van der Waals surface area contributed by atoms with Crippen molar-refractivity contribution < 1.29 is 80.2 Å². The molecule has 0 aromatic rings. The zero-order chi connectivity index (χ0) is 76.0. The second-order valence-corrected chi connectivity index (χ2v) is 34.3. The molecule has 17 nitrogen and oxygen atoms in total. The number of aliphatic hydroxyl groups is 1. The van der Waals surface area contributed by atoms with Crippen LogP contribution in [0.15, 0.2) is 0 Å². The van der Waals surface area contributed by atoms with E-state index < -0.39 is 97.5 Å². The predicted octanol–water partition coefficient (Wildman–Crippen LogP) is 25.2. The van der Waals surface area contributed by atoms with Gasteiger partial charge in [0.1, 0.15) is 19.3 Å². The highest BCUT2D eigenvalue weighted by molar-refractivity contribution is 7.47. The van der Waals surface area contributed by atoms with Crippen LogP contribution in [-0.2, 0) is 65.4 Å². The highest BCUT2D eigenvalue weighted by Crippen LogP contribution is 2.45. The summed E-state index contributed by atoms with van der Waals surface area (Å²) in [6, 6.07) is 0. The van der Waals surface area contributed by atoms with Crippen LogP contribution in [0, 0.1) is 23.7 Å². The van der Waals surface area contributed by atoms with Gasteiger partial charge in [-0.05, 0) is 49.4 Å². The number of rotatable bonds is 81. The first-order chi connectivity index (χ1) is 49.7. The SMILES string of the molecule is CCC(C)CCCCCCCCCCCCCCCCCCCCC(=O)OC[C@H](COP(=O)(O)OC[C@@H](O)COP(=O)(O)OC[C@@H](COC(=O)CCCCCCCCC(C)CC)OC(=O)CCCCCCCCC(C)CC)OC(=O)CCCCCCCCCCCCCCCCCCCCC(C)C. The normalized spacial score (nSPS) is 14.8. The molecule has 0 aromatic heterocycles. The van der Waals surface area contributed by atoms with Crippen LogP contribution in [0.25, 0.3) is 0 Å². The molecule has 0 heterocycles. The van der Waals surface area contributed by atoms with Crippen LogP contribution >= 0.6 is 15.6 Å². The van der Waals surface area contributed by atoms with Gasteiger partial charge in [0.15, 0.2) is 12.2 Å². The highest BCUT2D eigenvalue weighted by Gasteiger charge is 2.30. The molecule has 0 aliphatic carbocycles. The van der Waals surface area contributed by atoms with E-state index in [0.29, 0.717) is 25.7 Å². The summed E-state index contributed by atoms with van der Waals surface area (Å²) in [5.74, 6) is 1.03. The maximum Gasteiger partial charge on any atom is 0.472 e. The molecule has 0 saturated carbocycles. The van der Waals surface area contributed by atoms with Gasteiger partial charge in [0.2, 0.25) is 0 Å². The van der Waals surface area contributed by atoms with E-state index in [-0.39, 0.29) is 25.7 Å². The molecule has 0 aromatic carbocycles. The van der Waals surface area contributed by atoms with Crippen molar-refractivity contribution in [3.8, 4) is 0 Å². The molecular formula is C84H164O17P2. The molecule has 0 saturated heterocycles. The summed E-state index contributed by atoms with van der Waals surface area (Å²) in [7, 11) is -9.92. The average Bonchev–Trinajstić information content (AvgIpc) is 1.23. The Balaban J connectivity index is 5.18. The fourth-order valence-electron chi connectivity index (χ4n) is 12.9. The van der Waals surface area contributed by atoms with E-state index in [9.17, 15) is 43.2 Å². The fraction of sp³-hybridized carbons (Fsp3) is 0.952. The number of esters is 4. The van der Waals surface area contributed by atoms with Crippen LogP contribution in [0.4, 0.5) is 0 Å². The van der Waals surface area contributed by atoms with E-state index in [0.717, 1.165) is 120 Å². The van der Waals surface area contributed by atoms with Gasteiger partial charge in [0, 0.05) is 25.7 Å². The van der Waals surface area contributed by atoms with Crippen LogP contribution in [0.3, 0.4) is 0 Å². The third-order valence-electron chi connectivity index (χ3n) is 20.7. The van der Waals surface area contributed by atoms with Crippen molar-refractivity contribution in [1.29, 1.82) is 0 Å². The Morgan fingerprint density at radius 1 is 0.272 bits per heavy atom. The molecule has 0 spiro atoms. The van der Waals surface area contributed by atoms with Gasteiger partial charge in [-0.2, -0.15) is 0 Å². The highest BCUT2D eigenvalue weighted by atomic mass is 31.2. The molecule has 612 valence electrons. The molecule has 5 unspecified atom stereocenters. The summed E-state index contributed by atoms with van der Waals surface area (Å²) in [4.78, 5) is 73.0. The minimum atomic E-state index is -4.97. The second kappa shape index (κ2) is 72.9. The third kappa shape index (κ3) is 74.0. The second-order valence-electron chi connectivity index (χ2n) is 31.4. The van der Waals surface area contributed by atoms with E-state index in [4.69, 9.17) is 37.0 Å². The molecule has 0 aliphatic heterocycles. The van der Waals surface area contributed by atoms with Crippen LogP contribution < -0.4 is 0 Å². The number of aliphatic hydroxyl groups excluding tert-OH is 1. The monoisotopic (exact) mass is 1510 g/mol. The van der Waals surface area contributed by atoms with Crippen molar-refractivity contribution in [2.24, 2.45) is 23.7 Å². The van der Waals surface area contributed by atoms with Crippen molar-refractivity contribution in [1.82, 2.24) is 0 Å². The predicted molar refractivity (Wildman–Crippen MR) is 423 cm³/mol. The minimum absolute atomic E-state index is 0.102. The zero-order valence-corrected chi connectivity index (χ0v) is 69.7. The Hall–Kier alpha value is -1.94. The number of phosphoric acid groups is 2. The topological polar surface area (TPSA) is 237 Å². The molecule has 0 bridgehead atoms. The number of unbranched alkanes of at least 4 members (excludes halogenated alkanes) is 44. The minimum Gasteiger partial charge on any atom is -0.462 e. The Labute approximate surface area is 632 Å². The molecular weight excluding hydrogens is 1340 g/mol. The van der Waals surface area contributed by atoms with Crippen LogP contribution in [0.1, 0.15) is 434 Å². The Morgan fingerprint density at radius 3 is 0.689 bits per heavy atom. The summed E-state index contributed by atoms with van der Waals surface area (Å²) < 4.78 is 68.7. The van der Waals surface area contributed by atoms with Crippen molar-refractivity contribution in [3.05, 3.63) is 0 Å². The quantitative estimate of drug-likeness (QED) is 0.0222. The summed E-state index contributed by atoms with van der Waals surface area (Å²) >= 11 is 0. The summed E-state index contributed by atoms with van der Waals surface area (Å²) in [6.07, 6.45) is 61.4. The lowest BCUT2D eigenvalue weighted by molar-refractivity contribution is -0.161. The molecule has 0 radical (unpaired) electrons. The maximum atomic E-state index is 13.1. The zero-order valence-electron chi connectivity index (χ0n) is 68.0. The largest absolute Gasteiger partial charge is 0.472 e. The molecule has 0 fully saturated rings. The van der Waals surface area contributed by atoms with Crippen molar-refractivity contribution in [2.75, 3.05) is 39.6 Å². The number of carbonyl (C=O) groups excluding carboxylic acids is 4. The van der Waals surface area contributed by atoms with Crippen molar-refractivity contribution in [3.63, 3.8) is 0 Å². The van der Waals surface area contributed by atoms with E-state index in [2.05, 4.69) is 55.4 Å². The fourth-order valence-corrected chi connectivity index (χ4v) is 14.4. The Bertz CT molecular complexity index is 2010. The van der Waals surface area contributed by atoms with Crippen LogP contribution in [0.2, 0.25) is 0 Å². The summed E-state index contributed by atoms with van der Waals surface area (Å²) in [5, 5.41) is 10.6. The summed E-state index contributed by atoms with van der Waals surface area (Å²) in [6.45, 7) is 14.3. The Morgan fingerprint density at radius 2 is 0.466 bits per heavy atom. The maximum absolute atomic E-state index is 13.1. The first kappa shape index (κ1) is 101. The first-order valence-electron chi connectivity index (χ1n) is 43.3. The van der Waals surface area contributed by atoms with Gasteiger partial charge in [-0.3, -0.25) is 37.3 Å². The van der Waals surface area contributed by atoms with Gasteiger partial charge in [-0.25, -0.2) is 9.13 Å². The molecule has 3 N–H and O–H groups in total. The third-order valence-corrected chi connectivity index (χ3v) is 22.6. The Kier molecular flexibility index (Phi) is 71.5. The molecule has 0 aliphatic rings. The number of hydrogen-bond acceptors (Lipinski definition) is 15. The average molecular weight is 1510 g/mol. The molecule has 0 rings (SSSR count). The van der Waals surface area contributed by atoms with Crippen LogP contribution in [0.5, 0.6) is 0 Å². The van der Waals surface area contributed by atoms with Gasteiger partial charge >= 0.3 is 39.5 Å². The van der Waals surface area contributed by atoms with E-state index >= 15 is 0 Å². The smallest absolute Gasteiger partial charge is 0.462 e. The van der Waals surface area contributed by atoms with Gasteiger partial charge < -0.3 is 33.8 Å². The van der Waals surface area contributed by atoms with Gasteiger partial charge in [0.05, 0.1) is 26.4 Å². The van der Waals surface area contributed by atoms with Crippen molar-refractivity contribution >= 4 is 39.5 Å². The standard InChI is InChI=1S/C84H164O17P2/c1-9-75(6)61-53-45-37-33-29-25-21-17-13-15-18-22-26-30-34-38-48-56-64-81(86)94-70-79(100-83(88)66-58-50-39-35-31-27-23-19-14-12-16-20-24-28-32-36-44-52-60-74(4)5)72-98-102(90,91)96-68-78(85)69-97-103(92,93)99-73-80(101-84(89)67-59-51-43-41-47-55-63-77(8)11-3)71-95-82(87)65-57-49-42-40-46-54-62-76(7)10-2/h74-80,85H,9-73H2,1-8H3,(H,90,91)(H,92,93)/t75?,76?,77?,78-,79-,80-/m1/s1. The lowest BCUT2D eigenvalue weighted by Crippen LogP contribution is -2.30.